The predicted octanol–water partition coefficient (Wildman–Crippen LogP) is 3.70. The molecule has 1 saturated carbocycles. The Labute approximate surface area is 70.0 Å². The van der Waals surface area contributed by atoms with Crippen LogP contribution in [-0.4, -0.2) is 0 Å². The fourth-order valence-corrected chi connectivity index (χ4v) is 1.82. The van der Waals surface area contributed by atoms with Gasteiger partial charge in [-0.15, -0.1) is 6.58 Å². The first-order chi connectivity index (χ1) is 5.34. The second-order valence-corrected chi connectivity index (χ2v) is 3.47. The van der Waals surface area contributed by atoms with E-state index in [1.54, 1.807) is 0 Å². The highest BCUT2D eigenvalue weighted by atomic mass is 14.2. The van der Waals surface area contributed by atoms with Crippen LogP contribution in [0.25, 0.3) is 0 Å². The monoisotopic (exact) mass is 150 g/mol. The fraction of sp³-hybridized carbons (Fsp3) is 0.636. The largest absolute Gasteiger partial charge is 0.103 e. The lowest BCUT2D eigenvalue weighted by atomic mass is 9.82. The van der Waals surface area contributed by atoms with Gasteiger partial charge in [-0.05, 0) is 38.0 Å². The zero-order chi connectivity index (χ0) is 8.10. The Kier molecular flexibility index (Phi) is 3.41. The minimum Gasteiger partial charge on any atom is -0.103 e. The van der Waals surface area contributed by atoms with E-state index in [1.807, 2.05) is 6.08 Å². The molecule has 0 radical (unpaired) electrons. The molecule has 1 aliphatic carbocycles. The first-order valence-electron chi connectivity index (χ1n) is 4.63. The molecule has 0 aromatic rings. The summed E-state index contributed by atoms with van der Waals surface area (Å²) in [5.74, 6) is 0.807. The first kappa shape index (κ1) is 8.58. The Balaban J connectivity index is 2.29. The fourth-order valence-electron chi connectivity index (χ4n) is 1.82. The lowest BCUT2D eigenvalue weighted by Gasteiger charge is -2.23. The Morgan fingerprint density at radius 2 is 2.27 bits per heavy atom. The van der Waals surface area contributed by atoms with E-state index in [1.165, 1.54) is 37.7 Å². The van der Waals surface area contributed by atoms with E-state index in [0.29, 0.717) is 0 Å². The lowest BCUT2D eigenvalue weighted by molar-refractivity contribution is 0.433. The zero-order valence-electron chi connectivity index (χ0n) is 7.31. The standard InChI is InChI=1S/C11H18/c1-3-4-8-11-9-6-5-7-10(11)2/h3,11H,1-2,4-9H2. The van der Waals surface area contributed by atoms with Crippen LogP contribution in [0.1, 0.15) is 38.5 Å². The highest BCUT2D eigenvalue weighted by Crippen LogP contribution is 2.31. The predicted molar refractivity (Wildman–Crippen MR) is 50.5 cm³/mol. The van der Waals surface area contributed by atoms with Crippen molar-refractivity contribution >= 4 is 0 Å². The summed E-state index contributed by atoms with van der Waals surface area (Å²) in [6.07, 6.45) is 9.85. The third kappa shape index (κ3) is 2.53. The Morgan fingerprint density at radius 1 is 1.45 bits per heavy atom. The number of hydrogen-bond donors (Lipinski definition) is 0. The molecule has 0 heteroatoms. The highest BCUT2D eigenvalue weighted by Gasteiger charge is 2.15. The average Bonchev–Trinajstić information content (AvgIpc) is 2.03. The first-order valence-corrected chi connectivity index (χ1v) is 4.63. The zero-order valence-corrected chi connectivity index (χ0v) is 7.31. The van der Waals surface area contributed by atoms with Gasteiger partial charge in [0.25, 0.3) is 0 Å². The molecule has 0 aliphatic heterocycles. The third-order valence-electron chi connectivity index (χ3n) is 2.60. The van der Waals surface area contributed by atoms with Gasteiger partial charge in [-0.25, -0.2) is 0 Å². The molecule has 1 rings (SSSR count). The van der Waals surface area contributed by atoms with Crippen LogP contribution in [0.2, 0.25) is 0 Å². The summed E-state index contributed by atoms with van der Waals surface area (Å²) in [6, 6.07) is 0. The minimum absolute atomic E-state index is 0.807. The van der Waals surface area contributed by atoms with Crippen LogP contribution in [-0.2, 0) is 0 Å². The number of rotatable bonds is 3. The van der Waals surface area contributed by atoms with Crippen molar-refractivity contribution in [2.75, 3.05) is 0 Å². The number of allylic oxidation sites excluding steroid dienone is 2. The molecule has 0 heterocycles. The van der Waals surface area contributed by atoms with Crippen LogP contribution in [0.15, 0.2) is 24.8 Å². The molecular weight excluding hydrogens is 132 g/mol. The van der Waals surface area contributed by atoms with Crippen molar-refractivity contribution in [3.05, 3.63) is 24.8 Å². The lowest BCUT2D eigenvalue weighted by Crippen LogP contribution is -2.08. The van der Waals surface area contributed by atoms with Gasteiger partial charge in [0.1, 0.15) is 0 Å². The van der Waals surface area contributed by atoms with Crippen LogP contribution in [0.5, 0.6) is 0 Å². The van der Waals surface area contributed by atoms with Crippen LogP contribution in [0.3, 0.4) is 0 Å². The highest BCUT2D eigenvalue weighted by molar-refractivity contribution is 5.03. The van der Waals surface area contributed by atoms with Crippen molar-refractivity contribution < 1.29 is 0 Å². The van der Waals surface area contributed by atoms with Crippen molar-refractivity contribution in [3.8, 4) is 0 Å². The van der Waals surface area contributed by atoms with Gasteiger partial charge < -0.3 is 0 Å². The molecule has 0 saturated heterocycles. The summed E-state index contributed by atoms with van der Waals surface area (Å²) in [4.78, 5) is 0. The van der Waals surface area contributed by atoms with Crippen LogP contribution in [0, 0.1) is 5.92 Å². The molecule has 0 spiro atoms. The summed E-state index contributed by atoms with van der Waals surface area (Å²) in [6.45, 7) is 7.85. The second kappa shape index (κ2) is 4.38. The summed E-state index contributed by atoms with van der Waals surface area (Å²) in [5, 5.41) is 0. The van der Waals surface area contributed by atoms with E-state index in [0.717, 1.165) is 12.3 Å². The van der Waals surface area contributed by atoms with E-state index in [9.17, 15) is 0 Å². The van der Waals surface area contributed by atoms with Crippen molar-refractivity contribution in [3.63, 3.8) is 0 Å². The molecular formula is C11H18. The summed E-state index contributed by atoms with van der Waals surface area (Å²) in [7, 11) is 0. The van der Waals surface area contributed by atoms with Crippen molar-refractivity contribution in [1.82, 2.24) is 0 Å². The average molecular weight is 150 g/mol. The van der Waals surface area contributed by atoms with Crippen molar-refractivity contribution in [2.45, 2.75) is 38.5 Å². The molecule has 1 aliphatic rings. The van der Waals surface area contributed by atoms with Crippen molar-refractivity contribution in [1.29, 1.82) is 0 Å². The molecule has 0 N–H and O–H groups in total. The molecule has 62 valence electrons. The maximum absolute atomic E-state index is 4.11. The van der Waals surface area contributed by atoms with Gasteiger partial charge in [-0.1, -0.05) is 24.6 Å². The topological polar surface area (TPSA) is 0 Å². The molecule has 1 unspecified atom stereocenters. The van der Waals surface area contributed by atoms with E-state index in [2.05, 4.69) is 13.2 Å². The van der Waals surface area contributed by atoms with Gasteiger partial charge in [-0.2, -0.15) is 0 Å². The molecule has 0 aromatic heterocycles. The summed E-state index contributed by atoms with van der Waals surface area (Å²) in [5.41, 5.74) is 1.48. The van der Waals surface area contributed by atoms with E-state index in [-0.39, 0.29) is 0 Å². The van der Waals surface area contributed by atoms with Gasteiger partial charge in [0.15, 0.2) is 0 Å². The maximum atomic E-state index is 4.11. The van der Waals surface area contributed by atoms with Gasteiger partial charge >= 0.3 is 0 Å². The normalized spacial score (nSPS) is 25.1. The van der Waals surface area contributed by atoms with Gasteiger partial charge in [0.2, 0.25) is 0 Å². The van der Waals surface area contributed by atoms with E-state index >= 15 is 0 Å². The molecule has 0 bridgehead atoms. The van der Waals surface area contributed by atoms with Gasteiger partial charge in [0.05, 0.1) is 0 Å². The van der Waals surface area contributed by atoms with E-state index in [4.69, 9.17) is 0 Å². The third-order valence-corrected chi connectivity index (χ3v) is 2.60. The molecule has 0 amide bonds. The van der Waals surface area contributed by atoms with E-state index < -0.39 is 0 Å². The number of hydrogen-bond acceptors (Lipinski definition) is 0. The summed E-state index contributed by atoms with van der Waals surface area (Å²) < 4.78 is 0. The molecule has 1 fully saturated rings. The summed E-state index contributed by atoms with van der Waals surface area (Å²) >= 11 is 0. The Bertz CT molecular complexity index is 144. The molecule has 11 heavy (non-hydrogen) atoms. The Hall–Kier alpha value is -0.520. The minimum atomic E-state index is 0.807. The SMILES string of the molecule is C=CCCC1CCCCC1=C. The van der Waals surface area contributed by atoms with Crippen LogP contribution < -0.4 is 0 Å². The molecule has 0 aromatic carbocycles. The smallest absolute Gasteiger partial charge is 0.0203 e. The van der Waals surface area contributed by atoms with Gasteiger partial charge in [0, 0.05) is 0 Å². The van der Waals surface area contributed by atoms with Gasteiger partial charge in [-0.3, -0.25) is 0 Å². The van der Waals surface area contributed by atoms with Crippen LogP contribution in [0.4, 0.5) is 0 Å². The quantitative estimate of drug-likeness (QED) is 0.538. The maximum Gasteiger partial charge on any atom is -0.0203 e. The molecule has 0 nitrogen and oxygen atoms in total. The Morgan fingerprint density at radius 3 is 2.91 bits per heavy atom. The second-order valence-electron chi connectivity index (χ2n) is 3.47. The van der Waals surface area contributed by atoms with Crippen LogP contribution >= 0.6 is 0 Å². The van der Waals surface area contributed by atoms with Crippen molar-refractivity contribution in [2.24, 2.45) is 5.92 Å². The molecule has 1 atom stereocenters.